The molecule has 0 aliphatic heterocycles. The third-order valence-electron chi connectivity index (χ3n) is 2.96. The molecule has 2 rings (SSSR count). The van der Waals surface area contributed by atoms with Crippen molar-refractivity contribution in [2.24, 2.45) is 0 Å². The highest BCUT2D eigenvalue weighted by Gasteiger charge is 2.18. The fraction of sp³-hybridized carbons (Fsp3) is 0.133. The molecule has 98 valence electrons. The lowest BCUT2D eigenvalue weighted by Crippen LogP contribution is -2.27. The maximum atomic E-state index is 13.5. The minimum Gasteiger partial charge on any atom is -0.311 e. The van der Waals surface area contributed by atoms with Gasteiger partial charge in [0.1, 0.15) is 5.82 Å². The van der Waals surface area contributed by atoms with Gasteiger partial charge in [-0.25, -0.2) is 4.39 Å². The van der Waals surface area contributed by atoms with E-state index in [1.165, 1.54) is 17.0 Å². The minimum absolute atomic E-state index is 0.195. The van der Waals surface area contributed by atoms with Gasteiger partial charge in [-0.2, -0.15) is 0 Å². The van der Waals surface area contributed by atoms with Crippen molar-refractivity contribution in [1.29, 1.82) is 0 Å². The summed E-state index contributed by atoms with van der Waals surface area (Å²) in [4.78, 5) is 13.9. The van der Waals surface area contributed by atoms with E-state index in [0.29, 0.717) is 5.56 Å². The Labute approximate surface area is 120 Å². The molecule has 2 nitrogen and oxygen atoms in total. The Hall–Kier alpha value is -1.68. The Kier molecular flexibility index (Phi) is 4.00. The molecular weight excluding hydrogens is 309 g/mol. The molecule has 0 fully saturated rings. The van der Waals surface area contributed by atoms with Gasteiger partial charge in [-0.1, -0.05) is 24.3 Å². The van der Waals surface area contributed by atoms with Gasteiger partial charge >= 0.3 is 0 Å². The maximum Gasteiger partial charge on any atom is 0.259 e. The fourth-order valence-corrected chi connectivity index (χ4v) is 2.33. The number of carbonyl (C=O) groups is 1. The van der Waals surface area contributed by atoms with Crippen LogP contribution in [0, 0.1) is 12.7 Å². The predicted molar refractivity (Wildman–Crippen MR) is 78.0 cm³/mol. The largest absolute Gasteiger partial charge is 0.311 e. The minimum atomic E-state index is -0.441. The van der Waals surface area contributed by atoms with E-state index in [0.717, 1.165) is 11.3 Å². The molecule has 0 heterocycles. The van der Waals surface area contributed by atoms with Gasteiger partial charge in [-0.15, -0.1) is 0 Å². The smallest absolute Gasteiger partial charge is 0.259 e. The van der Waals surface area contributed by atoms with Crippen molar-refractivity contribution in [3.05, 3.63) is 63.9 Å². The van der Waals surface area contributed by atoms with Crippen LogP contribution in [-0.2, 0) is 0 Å². The molecule has 0 aliphatic carbocycles. The van der Waals surface area contributed by atoms with Crippen LogP contribution < -0.4 is 4.90 Å². The number of carbonyl (C=O) groups excluding carboxylic acids is 1. The molecule has 0 bridgehead atoms. The van der Waals surface area contributed by atoms with Gasteiger partial charge in [0.2, 0.25) is 0 Å². The van der Waals surface area contributed by atoms with E-state index in [9.17, 15) is 9.18 Å². The van der Waals surface area contributed by atoms with Gasteiger partial charge < -0.3 is 4.90 Å². The van der Waals surface area contributed by atoms with Crippen molar-refractivity contribution in [1.82, 2.24) is 0 Å². The first kappa shape index (κ1) is 13.7. The molecular formula is C15H13BrFNO. The van der Waals surface area contributed by atoms with Crippen LogP contribution >= 0.6 is 15.9 Å². The fourth-order valence-electron chi connectivity index (χ4n) is 1.90. The van der Waals surface area contributed by atoms with E-state index in [4.69, 9.17) is 0 Å². The van der Waals surface area contributed by atoms with Gasteiger partial charge in [-0.3, -0.25) is 4.79 Å². The average Bonchev–Trinajstić information content (AvgIpc) is 2.41. The van der Waals surface area contributed by atoms with Gasteiger partial charge in [0.15, 0.2) is 0 Å². The molecule has 0 atom stereocenters. The summed E-state index contributed by atoms with van der Waals surface area (Å²) in [7, 11) is 1.68. The summed E-state index contributed by atoms with van der Waals surface area (Å²) in [5, 5.41) is 0. The van der Waals surface area contributed by atoms with Crippen molar-refractivity contribution < 1.29 is 9.18 Å². The summed E-state index contributed by atoms with van der Waals surface area (Å²) < 4.78 is 13.7. The first-order chi connectivity index (χ1) is 9.02. The Morgan fingerprint density at radius 3 is 2.53 bits per heavy atom. The summed E-state index contributed by atoms with van der Waals surface area (Å²) in [6.45, 7) is 1.93. The lowest BCUT2D eigenvalue weighted by molar-refractivity contribution is 0.0991. The molecule has 0 N–H and O–H groups in total. The number of anilines is 1. The van der Waals surface area contributed by atoms with E-state index in [2.05, 4.69) is 15.9 Å². The van der Waals surface area contributed by atoms with Gasteiger partial charge in [0.05, 0.1) is 10.0 Å². The quantitative estimate of drug-likeness (QED) is 0.812. The highest BCUT2D eigenvalue weighted by atomic mass is 79.9. The van der Waals surface area contributed by atoms with E-state index in [1.807, 2.05) is 31.2 Å². The lowest BCUT2D eigenvalue weighted by Gasteiger charge is -2.20. The molecule has 4 heteroatoms. The van der Waals surface area contributed by atoms with Crippen LogP contribution in [0.1, 0.15) is 15.9 Å². The van der Waals surface area contributed by atoms with Crippen molar-refractivity contribution in [3.63, 3.8) is 0 Å². The Bertz CT molecular complexity index is 627. The number of halogens is 2. The average molecular weight is 322 g/mol. The van der Waals surface area contributed by atoms with Crippen LogP contribution in [0.15, 0.2) is 46.9 Å². The number of para-hydroxylation sites is 1. The molecule has 0 saturated carbocycles. The normalized spacial score (nSPS) is 10.3. The second-order valence-corrected chi connectivity index (χ2v) is 5.05. The zero-order valence-electron chi connectivity index (χ0n) is 10.7. The third-order valence-corrected chi connectivity index (χ3v) is 3.77. The van der Waals surface area contributed by atoms with Crippen molar-refractivity contribution >= 4 is 27.5 Å². The number of nitrogens with zero attached hydrogens (tertiary/aromatic N) is 1. The summed E-state index contributed by atoms with van der Waals surface area (Å²) in [5.74, 6) is -0.690. The second kappa shape index (κ2) is 5.53. The predicted octanol–water partition coefficient (Wildman–Crippen LogP) is 4.17. The number of rotatable bonds is 2. The summed E-state index contributed by atoms with van der Waals surface area (Å²) in [5.41, 5.74) is 2.11. The zero-order chi connectivity index (χ0) is 14.0. The lowest BCUT2D eigenvalue weighted by atomic mass is 10.1. The van der Waals surface area contributed by atoms with Gasteiger partial charge in [0, 0.05) is 12.7 Å². The number of benzene rings is 2. The van der Waals surface area contributed by atoms with Gasteiger partial charge in [-0.05, 0) is 46.6 Å². The van der Waals surface area contributed by atoms with Crippen LogP contribution in [0.5, 0.6) is 0 Å². The van der Waals surface area contributed by atoms with E-state index in [-0.39, 0.29) is 10.4 Å². The molecule has 0 spiro atoms. The SMILES string of the molecule is Cc1ccccc1N(C)C(=O)c1cccc(F)c1Br. The first-order valence-electron chi connectivity index (χ1n) is 5.80. The number of hydrogen-bond acceptors (Lipinski definition) is 1. The van der Waals surface area contributed by atoms with E-state index >= 15 is 0 Å². The summed E-state index contributed by atoms with van der Waals surface area (Å²) >= 11 is 3.12. The second-order valence-electron chi connectivity index (χ2n) is 4.25. The van der Waals surface area contributed by atoms with Crippen LogP contribution in [0.4, 0.5) is 10.1 Å². The standard InChI is InChI=1S/C15H13BrFNO/c1-10-6-3-4-9-13(10)18(2)15(19)11-7-5-8-12(17)14(11)16/h3-9H,1-2H3. The maximum absolute atomic E-state index is 13.5. The molecule has 0 saturated heterocycles. The monoisotopic (exact) mass is 321 g/mol. The Balaban J connectivity index is 2.40. The molecule has 0 aromatic heterocycles. The molecule has 2 aromatic carbocycles. The number of hydrogen-bond donors (Lipinski definition) is 0. The summed E-state index contributed by atoms with van der Waals surface area (Å²) in [6.07, 6.45) is 0. The molecule has 0 radical (unpaired) electrons. The number of aryl methyl sites for hydroxylation is 1. The summed E-state index contributed by atoms with van der Waals surface area (Å²) in [6, 6.07) is 12.0. The first-order valence-corrected chi connectivity index (χ1v) is 6.59. The topological polar surface area (TPSA) is 20.3 Å². The van der Waals surface area contributed by atoms with Crippen LogP contribution in [0.25, 0.3) is 0 Å². The van der Waals surface area contributed by atoms with Crippen molar-refractivity contribution in [2.75, 3.05) is 11.9 Å². The van der Waals surface area contributed by atoms with E-state index < -0.39 is 5.82 Å². The van der Waals surface area contributed by atoms with Gasteiger partial charge in [0.25, 0.3) is 5.91 Å². The van der Waals surface area contributed by atoms with Crippen LogP contribution in [0.2, 0.25) is 0 Å². The highest BCUT2D eigenvalue weighted by molar-refractivity contribution is 9.10. The molecule has 1 amide bonds. The van der Waals surface area contributed by atoms with Crippen molar-refractivity contribution in [3.8, 4) is 0 Å². The Morgan fingerprint density at radius 2 is 1.84 bits per heavy atom. The van der Waals surface area contributed by atoms with Crippen LogP contribution in [0.3, 0.4) is 0 Å². The van der Waals surface area contributed by atoms with Crippen LogP contribution in [-0.4, -0.2) is 13.0 Å². The molecule has 0 unspecified atom stereocenters. The Morgan fingerprint density at radius 1 is 1.16 bits per heavy atom. The zero-order valence-corrected chi connectivity index (χ0v) is 12.2. The highest BCUT2D eigenvalue weighted by Crippen LogP contribution is 2.25. The molecule has 0 aliphatic rings. The molecule has 19 heavy (non-hydrogen) atoms. The van der Waals surface area contributed by atoms with E-state index in [1.54, 1.807) is 13.1 Å². The van der Waals surface area contributed by atoms with Crippen molar-refractivity contribution in [2.45, 2.75) is 6.92 Å². The molecule has 2 aromatic rings. The number of amides is 1. The third kappa shape index (κ3) is 2.68.